The monoisotopic (exact) mass is 399 g/mol. The molecule has 153 valence electrons. The topological polar surface area (TPSA) is 43.4 Å². The van der Waals surface area contributed by atoms with Crippen LogP contribution in [0.25, 0.3) is 0 Å². The third-order valence-corrected chi connectivity index (χ3v) is 6.07. The van der Waals surface area contributed by atoms with Crippen molar-refractivity contribution >= 4 is 39.7 Å². The first-order valence-electron chi connectivity index (χ1n) is 11.0. The van der Waals surface area contributed by atoms with Crippen LogP contribution in [0.5, 0.6) is 0 Å². The molecule has 0 spiro atoms. The van der Waals surface area contributed by atoms with Gasteiger partial charge in [-0.15, -0.1) is 0 Å². The zero-order chi connectivity index (χ0) is 18.6. The molecule has 0 heterocycles. The van der Waals surface area contributed by atoms with Crippen molar-refractivity contribution in [1.29, 1.82) is 0 Å². The zero-order valence-corrected chi connectivity index (χ0v) is 20.9. The molecular weight excluding hydrogens is 355 g/mol. The second kappa shape index (κ2) is 22.2. The van der Waals surface area contributed by atoms with Crippen LogP contribution in [0.4, 0.5) is 0 Å². The summed E-state index contributed by atoms with van der Waals surface area (Å²) in [6.45, 7) is 4.83. The molecule has 0 aromatic carbocycles. The van der Waals surface area contributed by atoms with E-state index >= 15 is 0 Å². The summed E-state index contributed by atoms with van der Waals surface area (Å²) in [4.78, 5) is 0. The molecule has 0 rings (SSSR count). The van der Waals surface area contributed by atoms with Crippen LogP contribution in [0.2, 0.25) is 0 Å². The molecule has 0 fully saturated rings. The number of unbranched alkanes of at least 4 members (excludes halogenated alkanes) is 15. The summed E-state index contributed by atoms with van der Waals surface area (Å²) in [5, 5.41) is 0. The molecule has 0 unspecified atom stereocenters. The average molecular weight is 400 g/mol. The van der Waals surface area contributed by atoms with Gasteiger partial charge < -0.3 is 0 Å². The summed E-state index contributed by atoms with van der Waals surface area (Å²) in [7, 11) is -3.29. The van der Waals surface area contributed by atoms with Gasteiger partial charge in [0.05, 0.1) is 12.4 Å². The molecule has 0 saturated carbocycles. The van der Waals surface area contributed by atoms with Crippen molar-refractivity contribution in [2.24, 2.45) is 0 Å². The molecule has 0 aliphatic heterocycles. The Labute approximate surface area is 186 Å². The number of hydrogen-bond acceptors (Lipinski definition) is 3. The maximum absolute atomic E-state index is 11.8. The van der Waals surface area contributed by atoms with Gasteiger partial charge in [-0.1, -0.05) is 110 Å². The van der Waals surface area contributed by atoms with E-state index < -0.39 is 10.1 Å². The molecule has 5 heteroatoms. The fraction of sp³-hybridized carbons (Fsp3) is 1.00. The van der Waals surface area contributed by atoms with Crippen LogP contribution in [0.15, 0.2) is 0 Å². The normalized spacial score (nSPS) is 11.5. The summed E-state index contributed by atoms with van der Waals surface area (Å²) in [5.74, 6) is 0.194. The number of rotatable bonds is 20. The van der Waals surface area contributed by atoms with E-state index in [0.717, 1.165) is 32.1 Å². The van der Waals surface area contributed by atoms with E-state index in [-0.39, 0.29) is 35.3 Å². The Morgan fingerprint density at radius 2 is 0.885 bits per heavy atom. The molecular formula is C21H44NaO3S. The summed E-state index contributed by atoms with van der Waals surface area (Å²) >= 11 is 0. The Hall–Kier alpha value is 0.910. The van der Waals surface area contributed by atoms with Gasteiger partial charge in [0.15, 0.2) is 0 Å². The van der Waals surface area contributed by atoms with E-state index in [2.05, 4.69) is 13.8 Å². The summed E-state index contributed by atoms with van der Waals surface area (Å²) in [6, 6.07) is 0. The van der Waals surface area contributed by atoms with Gasteiger partial charge in [-0.05, 0) is 12.8 Å². The molecule has 0 N–H and O–H groups in total. The van der Waals surface area contributed by atoms with Crippen LogP contribution in [-0.4, -0.2) is 50.3 Å². The van der Waals surface area contributed by atoms with E-state index in [0.29, 0.717) is 6.61 Å². The molecule has 3 nitrogen and oxygen atoms in total. The van der Waals surface area contributed by atoms with Gasteiger partial charge in [0, 0.05) is 29.6 Å². The van der Waals surface area contributed by atoms with Crippen LogP contribution < -0.4 is 0 Å². The predicted octanol–water partition coefficient (Wildman–Crippen LogP) is 6.62. The first-order valence-corrected chi connectivity index (χ1v) is 12.6. The van der Waals surface area contributed by atoms with Crippen molar-refractivity contribution < 1.29 is 12.6 Å². The minimum absolute atomic E-state index is 0. The Bertz CT molecular complexity index is 358. The Kier molecular flexibility index (Phi) is 24.9. The van der Waals surface area contributed by atoms with Gasteiger partial charge in [0.25, 0.3) is 10.1 Å². The Morgan fingerprint density at radius 1 is 0.538 bits per heavy atom. The van der Waals surface area contributed by atoms with E-state index in [1.54, 1.807) is 0 Å². The quantitative estimate of drug-likeness (QED) is 0.131. The fourth-order valence-electron chi connectivity index (χ4n) is 3.07. The van der Waals surface area contributed by atoms with E-state index in [1.165, 1.54) is 77.0 Å². The third kappa shape index (κ3) is 23.0. The molecule has 0 aromatic heterocycles. The van der Waals surface area contributed by atoms with E-state index in [1.807, 2.05) is 0 Å². The van der Waals surface area contributed by atoms with Gasteiger partial charge >= 0.3 is 0 Å². The second-order valence-electron chi connectivity index (χ2n) is 7.39. The summed E-state index contributed by atoms with van der Waals surface area (Å²) in [5.41, 5.74) is 0. The van der Waals surface area contributed by atoms with Crippen molar-refractivity contribution in [2.45, 2.75) is 123 Å². The van der Waals surface area contributed by atoms with Crippen molar-refractivity contribution in [3.8, 4) is 0 Å². The first kappa shape index (κ1) is 29.1. The van der Waals surface area contributed by atoms with Crippen molar-refractivity contribution in [3.05, 3.63) is 0 Å². The van der Waals surface area contributed by atoms with Gasteiger partial charge in [0.1, 0.15) is 0 Å². The minimum Gasteiger partial charge on any atom is -0.270 e. The maximum atomic E-state index is 11.8. The van der Waals surface area contributed by atoms with Crippen molar-refractivity contribution in [1.82, 2.24) is 0 Å². The third-order valence-electron chi connectivity index (χ3n) is 4.76. The maximum Gasteiger partial charge on any atom is 0.267 e. The molecule has 0 bridgehead atoms. The van der Waals surface area contributed by atoms with Crippen LogP contribution in [0, 0.1) is 0 Å². The van der Waals surface area contributed by atoms with Crippen LogP contribution in [-0.2, 0) is 14.3 Å². The zero-order valence-electron chi connectivity index (χ0n) is 18.1. The smallest absolute Gasteiger partial charge is 0.267 e. The molecule has 0 aromatic rings. The molecule has 0 aliphatic rings. The summed E-state index contributed by atoms with van der Waals surface area (Å²) in [6.07, 6.45) is 20.4. The predicted molar refractivity (Wildman–Crippen MR) is 115 cm³/mol. The largest absolute Gasteiger partial charge is 0.270 e. The average Bonchev–Trinajstić information content (AvgIpc) is 2.59. The molecule has 0 aliphatic carbocycles. The standard InChI is InChI=1S/C21H44O3S.Na/c1-3-5-7-9-11-12-13-15-17-19-21-25(22,23)24-20-18-16-14-10-8-6-4-2;/h3-21H2,1-2H3;. The SMILES string of the molecule is CCCCCCCCCCCCS(=O)(=O)OCCCCCCCCC.[Na]. The molecule has 26 heavy (non-hydrogen) atoms. The van der Waals surface area contributed by atoms with Crippen molar-refractivity contribution in [2.75, 3.05) is 12.4 Å². The van der Waals surface area contributed by atoms with Gasteiger partial charge in [0.2, 0.25) is 0 Å². The molecule has 0 amide bonds. The van der Waals surface area contributed by atoms with Gasteiger partial charge in [-0.2, -0.15) is 8.42 Å². The van der Waals surface area contributed by atoms with Crippen LogP contribution >= 0.6 is 0 Å². The van der Waals surface area contributed by atoms with E-state index in [9.17, 15) is 8.42 Å². The summed E-state index contributed by atoms with van der Waals surface area (Å²) < 4.78 is 28.7. The number of hydrogen-bond donors (Lipinski definition) is 0. The fourth-order valence-corrected chi connectivity index (χ4v) is 4.12. The Morgan fingerprint density at radius 3 is 1.31 bits per heavy atom. The van der Waals surface area contributed by atoms with Crippen LogP contribution in [0.3, 0.4) is 0 Å². The van der Waals surface area contributed by atoms with E-state index in [4.69, 9.17) is 4.18 Å². The van der Waals surface area contributed by atoms with Gasteiger partial charge in [-0.3, -0.25) is 4.18 Å². The van der Waals surface area contributed by atoms with Crippen molar-refractivity contribution in [3.63, 3.8) is 0 Å². The minimum atomic E-state index is -3.29. The van der Waals surface area contributed by atoms with Gasteiger partial charge in [-0.25, -0.2) is 0 Å². The molecule has 0 saturated heterocycles. The van der Waals surface area contributed by atoms with Crippen LogP contribution in [0.1, 0.15) is 123 Å². The molecule has 1 radical (unpaired) electrons. The first-order chi connectivity index (χ1) is 12.1. The Balaban J connectivity index is 0. The second-order valence-corrected chi connectivity index (χ2v) is 9.15. The molecule has 0 atom stereocenters.